The third kappa shape index (κ3) is 5.27. The van der Waals surface area contributed by atoms with Gasteiger partial charge >= 0.3 is 6.18 Å². The molecule has 5 heteroatoms. The smallest absolute Gasteiger partial charge is 0.310 e. The number of benzene rings is 1. The van der Waals surface area contributed by atoms with Crippen molar-refractivity contribution in [1.29, 1.82) is 0 Å². The average Bonchev–Trinajstić information content (AvgIpc) is 2.27. The van der Waals surface area contributed by atoms with E-state index in [4.69, 9.17) is 11.6 Å². The van der Waals surface area contributed by atoms with Crippen molar-refractivity contribution in [2.24, 2.45) is 0 Å². The summed E-state index contributed by atoms with van der Waals surface area (Å²) in [5.74, 6) is 0. The SMILES string of the molecule is CCNC(CCCC(F)(F)F)c1ccccc1Cl. The van der Waals surface area contributed by atoms with Gasteiger partial charge in [0.25, 0.3) is 0 Å². The quantitative estimate of drug-likeness (QED) is 0.794. The number of hydrogen-bond acceptors (Lipinski definition) is 1. The van der Waals surface area contributed by atoms with Crippen LogP contribution in [0.1, 0.15) is 37.8 Å². The third-order valence-electron chi connectivity index (χ3n) is 2.68. The minimum absolute atomic E-state index is 0.104. The van der Waals surface area contributed by atoms with Gasteiger partial charge in [-0.2, -0.15) is 13.2 Å². The molecular weight excluding hydrogens is 263 g/mol. The predicted molar refractivity (Wildman–Crippen MR) is 67.8 cm³/mol. The lowest BCUT2D eigenvalue weighted by Crippen LogP contribution is -2.21. The fourth-order valence-corrected chi connectivity index (χ4v) is 2.15. The van der Waals surface area contributed by atoms with Crippen LogP contribution in [0, 0.1) is 0 Å². The maximum atomic E-state index is 12.1. The number of rotatable bonds is 6. The molecule has 0 fully saturated rings. The Kier molecular flexibility index (Phi) is 5.96. The normalized spacial score (nSPS) is 13.6. The topological polar surface area (TPSA) is 12.0 Å². The van der Waals surface area contributed by atoms with Gasteiger partial charge in [-0.3, -0.25) is 0 Å². The maximum absolute atomic E-state index is 12.1. The molecule has 1 nitrogen and oxygen atoms in total. The first-order chi connectivity index (χ1) is 8.44. The molecule has 1 rings (SSSR count). The van der Waals surface area contributed by atoms with Gasteiger partial charge in [-0.1, -0.05) is 36.7 Å². The lowest BCUT2D eigenvalue weighted by molar-refractivity contribution is -0.135. The molecule has 0 heterocycles. The highest BCUT2D eigenvalue weighted by Crippen LogP contribution is 2.29. The van der Waals surface area contributed by atoms with E-state index in [1.165, 1.54) is 0 Å². The van der Waals surface area contributed by atoms with E-state index >= 15 is 0 Å². The van der Waals surface area contributed by atoms with Crippen molar-refractivity contribution in [3.63, 3.8) is 0 Å². The van der Waals surface area contributed by atoms with Crippen LogP contribution < -0.4 is 5.32 Å². The van der Waals surface area contributed by atoms with Crippen LogP contribution in [-0.4, -0.2) is 12.7 Å². The molecule has 0 saturated heterocycles. The summed E-state index contributed by atoms with van der Waals surface area (Å²) in [5.41, 5.74) is 0.864. The van der Waals surface area contributed by atoms with Gasteiger partial charge < -0.3 is 5.32 Å². The molecule has 0 bridgehead atoms. The molecule has 0 aliphatic heterocycles. The lowest BCUT2D eigenvalue weighted by atomic mass is 10.0. The molecular formula is C13H17ClF3N. The van der Waals surface area contributed by atoms with Crippen LogP contribution in [0.15, 0.2) is 24.3 Å². The fraction of sp³-hybridized carbons (Fsp3) is 0.538. The van der Waals surface area contributed by atoms with Crippen molar-refractivity contribution in [3.8, 4) is 0 Å². The van der Waals surface area contributed by atoms with Gasteiger partial charge in [0.05, 0.1) is 0 Å². The Hall–Kier alpha value is -0.740. The van der Waals surface area contributed by atoms with Gasteiger partial charge in [-0.15, -0.1) is 0 Å². The van der Waals surface area contributed by atoms with Gasteiger partial charge in [-0.25, -0.2) is 0 Å². The number of hydrogen-bond donors (Lipinski definition) is 1. The number of nitrogens with one attached hydrogen (secondary N) is 1. The van der Waals surface area contributed by atoms with Crippen molar-refractivity contribution in [2.45, 2.75) is 38.4 Å². The van der Waals surface area contributed by atoms with Crippen LogP contribution >= 0.6 is 11.6 Å². The zero-order valence-corrected chi connectivity index (χ0v) is 11.0. The predicted octanol–water partition coefficient (Wildman–Crippen LogP) is 4.72. The van der Waals surface area contributed by atoms with E-state index in [1.807, 2.05) is 25.1 Å². The summed E-state index contributed by atoms with van der Waals surface area (Å²) in [5, 5.41) is 3.77. The molecule has 1 unspecified atom stereocenters. The Balaban J connectivity index is 2.63. The molecule has 0 aromatic heterocycles. The molecule has 0 amide bonds. The van der Waals surface area contributed by atoms with Crippen molar-refractivity contribution >= 4 is 11.6 Å². The van der Waals surface area contributed by atoms with Gasteiger partial charge in [0.15, 0.2) is 0 Å². The Morgan fingerprint density at radius 3 is 2.50 bits per heavy atom. The van der Waals surface area contributed by atoms with Gasteiger partial charge in [0.1, 0.15) is 0 Å². The summed E-state index contributed by atoms with van der Waals surface area (Å²) in [6.45, 7) is 2.62. The summed E-state index contributed by atoms with van der Waals surface area (Å²) in [4.78, 5) is 0. The van der Waals surface area contributed by atoms with E-state index < -0.39 is 12.6 Å². The van der Waals surface area contributed by atoms with Gasteiger partial charge in [-0.05, 0) is 31.0 Å². The van der Waals surface area contributed by atoms with Crippen molar-refractivity contribution < 1.29 is 13.2 Å². The summed E-state index contributed by atoms with van der Waals surface area (Å²) in [7, 11) is 0. The highest BCUT2D eigenvalue weighted by atomic mass is 35.5. The largest absolute Gasteiger partial charge is 0.389 e. The second-order valence-electron chi connectivity index (χ2n) is 4.14. The standard InChI is InChI=1S/C13H17ClF3N/c1-2-18-12(8-5-9-13(15,16)17)10-6-3-4-7-11(10)14/h3-4,6-7,12,18H,2,5,8-9H2,1H3. The van der Waals surface area contributed by atoms with E-state index in [-0.39, 0.29) is 12.5 Å². The Morgan fingerprint density at radius 1 is 1.28 bits per heavy atom. The molecule has 102 valence electrons. The molecule has 0 aliphatic carbocycles. The van der Waals surface area contributed by atoms with E-state index in [0.717, 1.165) is 5.56 Å². The van der Waals surface area contributed by atoms with Gasteiger partial charge in [0.2, 0.25) is 0 Å². The summed E-state index contributed by atoms with van der Waals surface area (Å²) in [6, 6.07) is 7.14. The van der Waals surface area contributed by atoms with Crippen LogP contribution in [0.3, 0.4) is 0 Å². The van der Waals surface area contributed by atoms with Crippen molar-refractivity contribution in [1.82, 2.24) is 5.32 Å². The fourth-order valence-electron chi connectivity index (χ4n) is 1.88. The summed E-state index contributed by atoms with van der Waals surface area (Å²) in [6.07, 6.45) is -4.31. The first-order valence-electron chi connectivity index (χ1n) is 5.98. The first kappa shape index (κ1) is 15.3. The molecule has 1 N–H and O–H groups in total. The molecule has 1 aromatic carbocycles. The molecule has 0 radical (unpaired) electrons. The van der Waals surface area contributed by atoms with Crippen LogP contribution in [0.25, 0.3) is 0 Å². The van der Waals surface area contributed by atoms with E-state index in [1.54, 1.807) is 6.07 Å². The van der Waals surface area contributed by atoms with Crippen LogP contribution in [-0.2, 0) is 0 Å². The van der Waals surface area contributed by atoms with Crippen LogP contribution in [0.5, 0.6) is 0 Å². The Morgan fingerprint density at radius 2 is 1.94 bits per heavy atom. The third-order valence-corrected chi connectivity index (χ3v) is 3.03. The molecule has 1 atom stereocenters. The zero-order valence-electron chi connectivity index (χ0n) is 10.2. The van der Waals surface area contributed by atoms with Gasteiger partial charge in [0, 0.05) is 17.5 Å². The molecule has 0 aliphatic rings. The monoisotopic (exact) mass is 279 g/mol. The van der Waals surface area contributed by atoms with Crippen LogP contribution in [0.4, 0.5) is 13.2 Å². The van der Waals surface area contributed by atoms with E-state index in [2.05, 4.69) is 5.32 Å². The zero-order chi connectivity index (χ0) is 13.6. The average molecular weight is 280 g/mol. The summed E-state index contributed by atoms with van der Waals surface area (Å²) >= 11 is 6.06. The number of alkyl halides is 3. The maximum Gasteiger partial charge on any atom is 0.389 e. The van der Waals surface area contributed by atoms with E-state index in [0.29, 0.717) is 18.0 Å². The molecule has 0 spiro atoms. The highest BCUT2D eigenvalue weighted by Gasteiger charge is 2.27. The first-order valence-corrected chi connectivity index (χ1v) is 6.36. The van der Waals surface area contributed by atoms with Crippen molar-refractivity contribution in [3.05, 3.63) is 34.9 Å². The van der Waals surface area contributed by atoms with E-state index in [9.17, 15) is 13.2 Å². The molecule has 18 heavy (non-hydrogen) atoms. The molecule has 0 saturated carbocycles. The van der Waals surface area contributed by atoms with Crippen LogP contribution in [0.2, 0.25) is 5.02 Å². The number of halogens is 4. The second-order valence-corrected chi connectivity index (χ2v) is 4.55. The summed E-state index contributed by atoms with van der Waals surface area (Å²) < 4.78 is 36.4. The minimum Gasteiger partial charge on any atom is -0.310 e. The minimum atomic E-state index is -4.09. The molecule has 1 aromatic rings. The second kappa shape index (κ2) is 7.00. The highest BCUT2D eigenvalue weighted by molar-refractivity contribution is 6.31. The lowest BCUT2D eigenvalue weighted by Gasteiger charge is -2.19. The Bertz CT molecular complexity index is 365. The van der Waals surface area contributed by atoms with Crippen molar-refractivity contribution in [2.75, 3.05) is 6.54 Å². The Labute approximate surface area is 110 Å².